The predicted molar refractivity (Wildman–Crippen MR) is 152 cm³/mol. The van der Waals surface area contributed by atoms with Crippen molar-refractivity contribution in [1.82, 2.24) is 9.80 Å². The van der Waals surface area contributed by atoms with Gasteiger partial charge in [-0.25, -0.2) is 0 Å². The molecule has 2 saturated heterocycles. The number of anilines is 1. The molecule has 4 atom stereocenters. The van der Waals surface area contributed by atoms with E-state index in [1.807, 2.05) is 48.5 Å². The molecule has 2 aliphatic heterocycles. The molecular weight excluding hydrogens is 490 g/mol. The topological polar surface area (TPSA) is 74.3 Å². The molecule has 4 unspecified atom stereocenters. The van der Waals surface area contributed by atoms with Crippen LogP contribution in [0.1, 0.15) is 48.5 Å². The molecule has 0 aromatic heterocycles. The lowest BCUT2D eigenvalue weighted by atomic mass is 9.90. The number of aliphatic hydroxyl groups excluding tert-OH is 1. The summed E-state index contributed by atoms with van der Waals surface area (Å²) in [5.74, 6) is 0.0134. The SMILES string of the molecule is CC(=O)Nc1cccc(C2OC(CN3CCN(Cc4ccccc4)CC3)C(C)C(c3ccc(CO)cc3)O2)c1. The molecule has 2 heterocycles. The first-order valence-corrected chi connectivity index (χ1v) is 13.9. The highest BCUT2D eigenvalue weighted by Gasteiger charge is 2.39. The van der Waals surface area contributed by atoms with Crippen LogP contribution < -0.4 is 5.32 Å². The van der Waals surface area contributed by atoms with E-state index in [4.69, 9.17) is 9.47 Å². The molecule has 0 bridgehead atoms. The second kappa shape index (κ2) is 12.9. The van der Waals surface area contributed by atoms with Crippen LogP contribution in [-0.4, -0.2) is 59.6 Å². The number of carbonyl (C=O) groups excluding carboxylic acids is 1. The highest BCUT2D eigenvalue weighted by atomic mass is 16.7. The van der Waals surface area contributed by atoms with E-state index in [1.165, 1.54) is 12.5 Å². The molecule has 5 rings (SSSR count). The molecule has 0 saturated carbocycles. The number of ether oxygens (including phenoxy) is 2. The van der Waals surface area contributed by atoms with E-state index in [-0.39, 0.29) is 30.6 Å². The van der Waals surface area contributed by atoms with Crippen LogP contribution in [0.5, 0.6) is 0 Å². The van der Waals surface area contributed by atoms with E-state index < -0.39 is 6.29 Å². The zero-order valence-electron chi connectivity index (χ0n) is 22.8. The molecule has 39 heavy (non-hydrogen) atoms. The second-order valence-electron chi connectivity index (χ2n) is 10.7. The van der Waals surface area contributed by atoms with Gasteiger partial charge in [0.25, 0.3) is 0 Å². The number of benzene rings is 3. The maximum atomic E-state index is 11.6. The van der Waals surface area contributed by atoms with Gasteiger partial charge in [-0.05, 0) is 28.8 Å². The maximum Gasteiger partial charge on any atom is 0.221 e. The van der Waals surface area contributed by atoms with E-state index in [0.29, 0.717) is 0 Å². The summed E-state index contributed by atoms with van der Waals surface area (Å²) < 4.78 is 13.2. The van der Waals surface area contributed by atoms with Crippen LogP contribution in [0.2, 0.25) is 0 Å². The Morgan fingerprint density at radius 3 is 2.28 bits per heavy atom. The van der Waals surface area contributed by atoms with Crippen LogP contribution in [0.25, 0.3) is 0 Å². The average Bonchev–Trinajstić information content (AvgIpc) is 2.95. The van der Waals surface area contributed by atoms with Crippen LogP contribution in [0.4, 0.5) is 5.69 Å². The number of nitrogens with one attached hydrogen (secondary N) is 1. The summed E-state index contributed by atoms with van der Waals surface area (Å²) in [6.07, 6.45) is -0.747. The van der Waals surface area contributed by atoms with Crippen molar-refractivity contribution in [1.29, 1.82) is 0 Å². The number of amides is 1. The van der Waals surface area contributed by atoms with Crippen molar-refractivity contribution in [2.45, 2.75) is 45.5 Å². The van der Waals surface area contributed by atoms with Gasteiger partial charge >= 0.3 is 0 Å². The fourth-order valence-corrected chi connectivity index (χ4v) is 5.52. The van der Waals surface area contributed by atoms with Crippen molar-refractivity contribution in [3.05, 3.63) is 101 Å². The van der Waals surface area contributed by atoms with Gasteiger partial charge < -0.3 is 19.9 Å². The van der Waals surface area contributed by atoms with Crippen molar-refractivity contribution in [3.63, 3.8) is 0 Å². The van der Waals surface area contributed by atoms with Crippen LogP contribution in [0, 0.1) is 5.92 Å². The standard InChI is InChI=1S/C32H39N3O4/c1-23-30(21-35-17-15-34(16-18-35)20-25-7-4-3-5-8-25)38-32(28-9-6-10-29(19-28)33-24(2)37)39-31(23)27-13-11-26(22-36)12-14-27/h3-14,19,23,30-32,36H,15-18,20-22H2,1-2H3,(H,33,37). The minimum atomic E-state index is -0.554. The summed E-state index contributed by atoms with van der Waals surface area (Å²) in [6.45, 7) is 9.59. The van der Waals surface area contributed by atoms with Crippen molar-refractivity contribution < 1.29 is 19.4 Å². The van der Waals surface area contributed by atoms with Crippen LogP contribution in [0.3, 0.4) is 0 Å². The molecule has 3 aromatic carbocycles. The highest BCUT2D eigenvalue weighted by molar-refractivity contribution is 5.88. The van der Waals surface area contributed by atoms with E-state index in [9.17, 15) is 9.90 Å². The first-order valence-electron chi connectivity index (χ1n) is 13.9. The lowest BCUT2D eigenvalue weighted by molar-refractivity contribution is -0.276. The van der Waals surface area contributed by atoms with Gasteiger partial charge in [-0.15, -0.1) is 0 Å². The second-order valence-corrected chi connectivity index (χ2v) is 10.7. The first kappa shape index (κ1) is 27.5. The third-order valence-corrected chi connectivity index (χ3v) is 7.75. The summed E-state index contributed by atoms with van der Waals surface area (Å²) in [7, 11) is 0. The number of hydrogen-bond acceptors (Lipinski definition) is 6. The molecule has 0 spiro atoms. The number of rotatable bonds is 8. The Morgan fingerprint density at radius 2 is 1.59 bits per heavy atom. The van der Waals surface area contributed by atoms with Gasteiger partial charge in [0.1, 0.15) is 0 Å². The molecule has 2 N–H and O–H groups in total. The van der Waals surface area contributed by atoms with E-state index in [0.717, 1.165) is 61.6 Å². The minimum absolute atomic E-state index is 0.0158. The van der Waals surface area contributed by atoms with Gasteiger partial charge in [-0.2, -0.15) is 0 Å². The number of aliphatic hydroxyl groups is 1. The Morgan fingerprint density at radius 1 is 0.872 bits per heavy atom. The van der Waals surface area contributed by atoms with Crippen molar-refractivity contribution in [2.24, 2.45) is 5.92 Å². The highest BCUT2D eigenvalue weighted by Crippen LogP contribution is 2.42. The molecule has 3 aromatic rings. The van der Waals surface area contributed by atoms with Crippen molar-refractivity contribution >= 4 is 11.6 Å². The number of piperazine rings is 1. The Bertz CT molecular complexity index is 1210. The van der Waals surface area contributed by atoms with Gasteiger partial charge in [-0.3, -0.25) is 14.6 Å². The van der Waals surface area contributed by atoms with Gasteiger partial charge in [0.05, 0.1) is 18.8 Å². The molecule has 2 fully saturated rings. The van der Waals surface area contributed by atoms with E-state index in [1.54, 1.807) is 0 Å². The van der Waals surface area contributed by atoms with Crippen LogP contribution >= 0.6 is 0 Å². The number of hydrogen-bond donors (Lipinski definition) is 2. The fraction of sp³-hybridized carbons (Fsp3) is 0.406. The van der Waals surface area contributed by atoms with Gasteiger partial charge in [0.2, 0.25) is 5.91 Å². The van der Waals surface area contributed by atoms with Gasteiger partial charge in [0, 0.05) is 63.4 Å². The predicted octanol–water partition coefficient (Wildman–Crippen LogP) is 4.75. The van der Waals surface area contributed by atoms with Gasteiger partial charge in [0.15, 0.2) is 6.29 Å². The largest absolute Gasteiger partial charge is 0.392 e. The lowest BCUT2D eigenvalue weighted by Crippen LogP contribution is -2.51. The molecule has 206 valence electrons. The normalized spacial score (nSPS) is 24.4. The molecule has 7 nitrogen and oxygen atoms in total. The smallest absolute Gasteiger partial charge is 0.221 e. The van der Waals surface area contributed by atoms with E-state index in [2.05, 4.69) is 52.4 Å². The zero-order valence-corrected chi connectivity index (χ0v) is 22.8. The Balaban J connectivity index is 1.30. The maximum absolute atomic E-state index is 11.6. The monoisotopic (exact) mass is 529 g/mol. The lowest BCUT2D eigenvalue weighted by Gasteiger charge is -2.44. The third kappa shape index (κ3) is 7.12. The van der Waals surface area contributed by atoms with Crippen molar-refractivity contribution in [3.8, 4) is 0 Å². The summed E-state index contributed by atoms with van der Waals surface area (Å²) in [5, 5.41) is 12.4. The number of nitrogens with zero attached hydrogens (tertiary/aromatic N) is 2. The van der Waals surface area contributed by atoms with Crippen molar-refractivity contribution in [2.75, 3.05) is 38.0 Å². The van der Waals surface area contributed by atoms with Gasteiger partial charge in [-0.1, -0.05) is 73.7 Å². The van der Waals surface area contributed by atoms with E-state index >= 15 is 0 Å². The van der Waals surface area contributed by atoms with Crippen LogP contribution in [-0.2, 0) is 27.4 Å². The molecule has 0 aliphatic carbocycles. The molecule has 0 radical (unpaired) electrons. The molecule has 7 heteroatoms. The summed E-state index contributed by atoms with van der Waals surface area (Å²) >= 11 is 0. The van der Waals surface area contributed by atoms with Crippen LogP contribution in [0.15, 0.2) is 78.9 Å². The average molecular weight is 530 g/mol. The number of carbonyl (C=O) groups is 1. The summed E-state index contributed by atoms with van der Waals surface area (Å²) in [5.41, 5.74) is 4.90. The molecule has 2 aliphatic rings. The summed E-state index contributed by atoms with van der Waals surface area (Å²) in [4.78, 5) is 16.7. The quantitative estimate of drug-likeness (QED) is 0.439. The third-order valence-electron chi connectivity index (χ3n) is 7.75. The summed E-state index contributed by atoms with van der Waals surface area (Å²) in [6, 6.07) is 26.3. The minimum Gasteiger partial charge on any atom is -0.392 e. The Kier molecular flexibility index (Phi) is 9.06. The fourth-order valence-electron chi connectivity index (χ4n) is 5.52. The molecular formula is C32H39N3O4. The Labute approximate surface area is 231 Å². The molecule has 1 amide bonds. The first-order chi connectivity index (χ1) is 19.0. The zero-order chi connectivity index (χ0) is 27.2. The Hall–Kier alpha value is -3.07.